The molecule has 5 aromatic rings. The summed E-state index contributed by atoms with van der Waals surface area (Å²) in [6.07, 6.45) is 0.533. The number of anilines is 1. The number of nitrogens with zero attached hydrogens (tertiary/aromatic N) is 8. The van der Waals surface area contributed by atoms with Gasteiger partial charge in [-0.15, -0.1) is 4.80 Å². The molecule has 4 heterocycles. The van der Waals surface area contributed by atoms with Gasteiger partial charge in [0.15, 0.2) is 11.5 Å². The van der Waals surface area contributed by atoms with Crippen molar-refractivity contribution in [1.29, 1.82) is 5.26 Å². The Bertz CT molecular complexity index is 1700. The number of nitriles is 1. The van der Waals surface area contributed by atoms with Crippen LogP contribution < -0.4 is 5.32 Å². The van der Waals surface area contributed by atoms with Crippen LogP contribution in [0.1, 0.15) is 21.6 Å². The van der Waals surface area contributed by atoms with E-state index in [-0.39, 0.29) is 38.7 Å². The maximum Gasteiger partial charge on any atom is 0.434 e. The Labute approximate surface area is 208 Å². The molecular weight excluding hydrogens is 518 g/mol. The van der Waals surface area contributed by atoms with Crippen molar-refractivity contribution < 1.29 is 22.4 Å². The standard InChI is InChI=1S/C22H10ClF4N9O/c23-19-17-13(2-1-3-15(17)24)16(10-29-19)35-18(22(25,26)27)14(9-33-35)21(37)34-12-6-11(7-28)20(30-8-12)36-31-4-5-32-36/h1-6,8-10H,(H,34,37). The van der Waals surface area contributed by atoms with Crippen LogP contribution in [0.2, 0.25) is 5.15 Å². The number of aromatic nitrogens is 7. The molecule has 0 aliphatic carbocycles. The first-order valence-corrected chi connectivity index (χ1v) is 10.5. The topological polar surface area (TPSA) is 127 Å². The van der Waals surface area contributed by atoms with E-state index < -0.39 is 29.2 Å². The van der Waals surface area contributed by atoms with Crippen molar-refractivity contribution in [2.75, 3.05) is 5.32 Å². The molecule has 0 aliphatic heterocycles. The molecule has 1 N–H and O–H groups in total. The second-order valence-electron chi connectivity index (χ2n) is 7.39. The van der Waals surface area contributed by atoms with Gasteiger partial charge in [0.05, 0.1) is 53.3 Å². The number of carbonyl (C=O) groups is 1. The molecule has 0 saturated heterocycles. The van der Waals surface area contributed by atoms with Gasteiger partial charge >= 0.3 is 6.18 Å². The number of fused-ring (bicyclic) bond motifs is 1. The van der Waals surface area contributed by atoms with Crippen LogP contribution in [0.15, 0.2) is 55.2 Å². The zero-order valence-electron chi connectivity index (χ0n) is 18.1. The van der Waals surface area contributed by atoms with E-state index in [1.807, 2.05) is 6.07 Å². The van der Waals surface area contributed by atoms with E-state index in [9.17, 15) is 27.6 Å². The van der Waals surface area contributed by atoms with Crippen molar-refractivity contribution >= 4 is 34.0 Å². The molecule has 184 valence electrons. The van der Waals surface area contributed by atoms with Crippen LogP contribution >= 0.6 is 11.6 Å². The van der Waals surface area contributed by atoms with Crippen molar-refractivity contribution in [3.05, 3.63) is 83.0 Å². The molecule has 0 fully saturated rings. The number of alkyl halides is 3. The number of pyridine rings is 2. The molecule has 0 radical (unpaired) electrons. The Hall–Kier alpha value is -4.90. The van der Waals surface area contributed by atoms with Gasteiger partial charge in [-0.1, -0.05) is 23.7 Å². The fourth-order valence-corrected chi connectivity index (χ4v) is 3.87. The molecule has 0 spiro atoms. The van der Waals surface area contributed by atoms with Crippen LogP contribution in [0, 0.1) is 17.1 Å². The molecule has 0 bridgehead atoms. The van der Waals surface area contributed by atoms with E-state index in [1.165, 1.54) is 30.6 Å². The summed E-state index contributed by atoms with van der Waals surface area (Å²) >= 11 is 5.96. The predicted octanol–water partition coefficient (Wildman–Crippen LogP) is 4.33. The van der Waals surface area contributed by atoms with Gasteiger partial charge < -0.3 is 5.32 Å². The fraction of sp³-hybridized carbons (Fsp3) is 0.0455. The van der Waals surface area contributed by atoms with Crippen LogP contribution in [0.25, 0.3) is 22.3 Å². The molecule has 10 nitrogen and oxygen atoms in total. The van der Waals surface area contributed by atoms with E-state index in [0.717, 1.165) is 29.5 Å². The first-order valence-electron chi connectivity index (χ1n) is 10.2. The molecule has 0 atom stereocenters. The lowest BCUT2D eigenvalue weighted by Crippen LogP contribution is -2.21. The predicted molar refractivity (Wildman–Crippen MR) is 121 cm³/mol. The Morgan fingerprint density at radius 2 is 1.84 bits per heavy atom. The van der Waals surface area contributed by atoms with Crippen molar-refractivity contribution in [2.24, 2.45) is 0 Å². The average molecular weight is 528 g/mol. The van der Waals surface area contributed by atoms with Gasteiger partial charge in [0.1, 0.15) is 22.6 Å². The van der Waals surface area contributed by atoms with Crippen LogP contribution in [0.3, 0.4) is 0 Å². The molecule has 0 unspecified atom stereocenters. The van der Waals surface area contributed by atoms with Gasteiger partial charge in [-0.25, -0.2) is 19.0 Å². The number of rotatable bonds is 4. The van der Waals surface area contributed by atoms with Crippen molar-refractivity contribution in [2.45, 2.75) is 6.18 Å². The SMILES string of the molecule is N#Cc1cc(NC(=O)c2cnn(-c3cnc(Cl)c4c(F)cccc34)c2C(F)(F)F)cnc1-n1nccn1. The second kappa shape index (κ2) is 8.95. The largest absolute Gasteiger partial charge is 0.434 e. The fourth-order valence-electron chi connectivity index (χ4n) is 3.63. The minimum Gasteiger partial charge on any atom is -0.320 e. The van der Waals surface area contributed by atoms with Gasteiger partial charge in [0.25, 0.3) is 5.91 Å². The third-order valence-corrected chi connectivity index (χ3v) is 5.45. The highest BCUT2D eigenvalue weighted by atomic mass is 35.5. The van der Waals surface area contributed by atoms with Gasteiger partial charge in [-0.3, -0.25) is 4.79 Å². The summed E-state index contributed by atoms with van der Waals surface area (Å²) in [6.45, 7) is 0. The summed E-state index contributed by atoms with van der Waals surface area (Å²) in [5, 5.41) is 22.8. The van der Waals surface area contributed by atoms with Gasteiger partial charge in [0, 0.05) is 5.39 Å². The van der Waals surface area contributed by atoms with Crippen LogP contribution in [0.4, 0.5) is 23.2 Å². The quantitative estimate of drug-likeness (QED) is 0.272. The molecule has 37 heavy (non-hydrogen) atoms. The Balaban J connectivity index is 1.57. The van der Waals surface area contributed by atoms with Crippen molar-refractivity contribution in [3.8, 4) is 17.6 Å². The molecular formula is C22H10ClF4N9O. The maximum absolute atomic E-state index is 14.4. The molecule has 1 aromatic carbocycles. The molecule has 4 aromatic heterocycles. The number of halogens is 5. The highest BCUT2D eigenvalue weighted by molar-refractivity contribution is 6.34. The summed E-state index contributed by atoms with van der Waals surface area (Å²) in [5.41, 5.74) is -2.59. The van der Waals surface area contributed by atoms with Gasteiger partial charge in [0.2, 0.25) is 0 Å². The molecule has 5 rings (SSSR count). The monoisotopic (exact) mass is 527 g/mol. The lowest BCUT2D eigenvalue weighted by Gasteiger charge is -2.15. The van der Waals surface area contributed by atoms with Crippen molar-refractivity contribution in [1.82, 2.24) is 34.7 Å². The Morgan fingerprint density at radius 1 is 1.08 bits per heavy atom. The van der Waals surface area contributed by atoms with Crippen LogP contribution in [0.5, 0.6) is 0 Å². The van der Waals surface area contributed by atoms with Crippen LogP contribution in [-0.2, 0) is 6.18 Å². The van der Waals surface area contributed by atoms with E-state index in [4.69, 9.17) is 11.6 Å². The molecule has 15 heteroatoms. The minimum absolute atomic E-state index is 0.00578. The zero-order valence-corrected chi connectivity index (χ0v) is 18.8. The molecule has 0 saturated carbocycles. The van der Waals surface area contributed by atoms with E-state index in [2.05, 4.69) is 30.6 Å². The van der Waals surface area contributed by atoms with Crippen molar-refractivity contribution in [3.63, 3.8) is 0 Å². The number of hydrogen-bond donors (Lipinski definition) is 1. The maximum atomic E-state index is 14.4. The minimum atomic E-state index is -5.05. The zero-order chi connectivity index (χ0) is 26.3. The summed E-state index contributed by atoms with van der Waals surface area (Å²) in [7, 11) is 0. The smallest absolute Gasteiger partial charge is 0.320 e. The normalized spacial score (nSPS) is 11.5. The third-order valence-electron chi connectivity index (χ3n) is 5.16. The third kappa shape index (κ3) is 4.21. The lowest BCUT2D eigenvalue weighted by atomic mass is 10.1. The Kier molecular flexibility index (Phi) is 5.76. The van der Waals surface area contributed by atoms with Gasteiger partial charge in [-0.2, -0.15) is 33.7 Å². The summed E-state index contributed by atoms with van der Waals surface area (Å²) in [4.78, 5) is 21.8. The van der Waals surface area contributed by atoms with Crippen LogP contribution in [-0.4, -0.2) is 40.6 Å². The summed E-state index contributed by atoms with van der Waals surface area (Å²) in [6, 6.07) is 6.81. The number of carbonyl (C=O) groups excluding carboxylic acids is 1. The highest BCUT2D eigenvalue weighted by Gasteiger charge is 2.41. The average Bonchev–Trinajstić information content (AvgIpc) is 3.55. The first-order chi connectivity index (χ1) is 17.7. The number of hydrogen-bond acceptors (Lipinski definition) is 7. The highest BCUT2D eigenvalue weighted by Crippen LogP contribution is 2.36. The first kappa shape index (κ1) is 23.8. The number of nitrogens with one attached hydrogen (secondary N) is 1. The molecule has 1 amide bonds. The van der Waals surface area contributed by atoms with Gasteiger partial charge in [-0.05, 0) is 12.1 Å². The number of benzene rings is 1. The lowest BCUT2D eigenvalue weighted by molar-refractivity contribution is -0.143. The molecule has 0 aliphatic rings. The Morgan fingerprint density at radius 3 is 2.54 bits per heavy atom. The van der Waals surface area contributed by atoms with E-state index in [1.54, 1.807) is 0 Å². The van der Waals surface area contributed by atoms with E-state index in [0.29, 0.717) is 4.68 Å². The summed E-state index contributed by atoms with van der Waals surface area (Å²) < 4.78 is 57.3. The van der Waals surface area contributed by atoms with E-state index >= 15 is 0 Å². The second-order valence-corrected chi connectivity index (χ2v) is 7.75. The number of amides is 1. The summed E-state index contributed by atoms with van der Waals surface area (Å²) in [5.74, 6) is -1.90.